The Labute approximate surface area is 197 Å². The Morgan fingerprint density at radius 1 is 1.00 bits per heavy atom. The van der Waals surface area contributed by atoms with Crippen molar-refractivity contribution in [1.82, 2.24) is 15.0 Å². The van der Waals surface area contributed by atoms with E-state index in [2.05, 4.69) is 10.0 Å². The van der Waals surface area contributed by atoms with Gasteiger partial charge in [-0.05, 0) is 48.6 Å². The second-order valence-corrected chi connectivity index (χ2v) is 10.7. The molecule has 0 bridgehead atoms. The summed E-state index contributed by atoms with van der Waals surface area (Å²) < 4.78 is 27.4. The molecule has 8 heteroatoms. The van der Waals surface area contributed by atoms with Crippen molar-refractivity contribution in [1.29, 1.82) is 0 Å². The number of hydrogen-bond donors (Lipinski definition) is 2. The second-order valence-electron chi connectivity index (χ2n) is 8.03. The van der Waals surface area contributed by atoms with Gasteiger partial charge in [-0.25, -0.2) is 18.1 Å². The van der Waals surface area contributed by atoms with Gasteiger partial charge in [0.25, 0.3) is 5.91 Å². The Kier molecular flexibility index (Phi) is 6.88. The molecule has 2 heterocycles. The van der Waals surface area contributed by atoms with Crippen LogP contribution in [0.3, 0.4) is 0 Å². The highest BCUT2D eigenvalue weighted by atomic mass is 32.2. The van der Waals surface area contributed by atoms with Crippen LogP contribution in [-0.2, 0) is 22.3 Å². The summed E-state index contributed by atoms with van der Waals surface area (Å²) in [4.78, 5) is 18.9. The van der Waals surface area contributed by atoms with Gasteiger partial charge >= 0.3 is 0 Å². The molecule has 0 atom stereocenters. The summed E-state index contributed by atoms with van der Waals surface area (Å²) >= 11 is 1.57. The van der Waals surface area contributed by atoms with E-state index in [0.29, 0.717) is 11.1 Å². The van der Waals surface area contributed by atoms with E-state index in [1.165, 1.54) is 0 Å². The van der Waals surface area contributed by atoms with Crippen LogP contribution in [0.15, 0.2) is 72.1 Å². The molecule has 170 valence electrons. The highest BCUT2D eigenvalue weighted by Gasteiger charge is 2.17. The Hall–Kier alpha value is -3.07. The number of thiophene rings is 1. The molecule has 0 saturated carbocycles. The van der Waals surface area contributed by atoms with Crippen molar-refractivity contribution in [3.05, 3.63) is 88.8 Å². The van der Waals surface area contributed by atoms with Crippen LogP contribution in [0.4, 0.5) is 0 Å². The van der Waals surface area contributed by atoms with E-state index >= 15 is 0 Å². The maximum absolute atomic E-state index is 13.2. The zero-order valence-corrected chi connectivity index (χ0v) is 20.0. The fourth-order valence-corrected chi connectivity index (χ4v) is 5.84. The first-order valence-electron chi connectivity index (χ1n) is 10.6. The first kappa shape index (κ1) is 23.1. The van der Waals surface area contributed by atoms with Gasteiger partial charge in [0.15, 0.2) is 0 Å². The molecule has 2 N–H and O–H groups in total. The van der Waals surface area contributed by atoms with Crippen molar-refractivity contribution in [3.8, 4) is 10.6 Å². The van der Waals surface area contributed by atoms with Gasteiger partial charge in [0.05, 0.1) is 27.4 Å². The summed E-state index contributed by atoms with van der Waals surface area (Å²) in [5.41, 5.74) is 3.46. The molecular weight excluding hydrogens is 454 g/mol. The molecule has 0 fully saturated rings. The average molecular weight is 480 g/mol. The lowest BCUT2D eigenvalue weighted by molar-refractivity contribution is 0.0952. The van der Waals surface area contributed by atoms with E-state index in [0.717, 1.165) is 27.0 Å². The van der Waals surface area contributed by atoms with E-state index in [4.69, 9.17) is 4.98 Å². The van der Waals surface area contributed by atoms with Gasteiger partial charge in [-0.3, -0.25) is 4.79 Å². The molecule has 6 nitrogen and oxygen atoms in total. The number of fused-ring (bicyclic) bond motifs is 1. The summed E-state index contributed by atoms with van der Waals surface area (Å²) in [6, 6.07) is 20.4. The molecule has 4 aromatic rings. The lowest BCUT2D eigenvalue weighted by Crippen LogP contribution is -2.32. The summed E-state index contributed by atoms with van der Waals surface area (Å²) in [6.07, 6.45) is 0. The predicted molar refractivity (Wildman–Crippen MR) is 134 cm³/mol. The number of pyridine rings is 1. The van der Waals surface area contributed by atoms with Gasteiger partial charge in [0.1, 0.15) is 0 Å². The molecule has 2 aromatic carbocycles. The van der Waals surface area contributed by atoms with Crippen molar-refractivity contribution in [3.63, 3.8) is 0 Å². The molecule has 2 aromatic heterocycles. The van der Waals surface area contributed by atoms with Crippen LogP contribution < -0.4 is 10.0 Å². The minimum absolute atomic E-state index is 0.141. The fourth-order valence-electron chi connectivity index (χ4n) is 3.66. The molecule has 0 unspecified atom stereocenters. The third-order valence-electron chi connectivity index (χ3n) is 5.05. The molecule has 0 aliphatic carbocycles. The Morgan fingerprint density at radius 2 is 1.73 bits per heavy atom. The van der Waals surface area contributed by atoms with Crippen LogP contribution in [0, 0.1) is 0 Å². The number of benzene rings is 2. The number of amides is 1. The largest absolute Gasteiger partial charge is 0.348 e. The van der Waals surface area contributed by atoms with Gasteiger partial charge in [-0.1, -0.05) is 48.5 Å². The number of carbonyl (C=O) groups excluding carboxylic acids is 1. The van der Waals surface area contributed by atoms with E-state index < -0.39 is 10.0 Å². The van der Waals surface area contributed by atoms with Crippen LogP contribution in [-0.4, -0.2) is 25.4 Å². The number of para-hydroxylation sites is 1. The highest BCUT2D eigenvalue weighted by Crippen LogP contribution is 2.28. The van der Waals surface area contributed by atoms with E-state index in [1.807, 2.05) is 60.0 Å². The minimum Gasteiger partial charge on any atom is -0.348 e. The van der Waals surface area contributed by atoms with E-state index in [-0.39, 0.29) is 24.2 Å². The van der Waals surface area contributed by atoms with Gasteiger partial charge in [0, 0.05) is 18.0 Å². The zero-order chi connectivity index (χ0) is 23.4. The van der Waals surface area contributed by atoms with E-state index in [9.17, 15) is 13.2 Å². The molecule has 0 spiro atoms. The third kappa shape index (κ3) is 5.65. The monoisotopic (exact) mass is 479 g/mol. The highest BCUT2D eigenvalue weighted by molar-refractivity contribution is 7.88. The van der Waals surface area contributed by atoms with Gasteiger partial charge in [0.2, 0.25) is 10.0 Å². The molecule has 1 amide bonds. The van der Waals surface area contributed by atoms with Crippen molar-refractivity contribution >= 4 is 38.2 Å². The maximum atomic E-state index is 13.2. The lowest BCUT2D eigenvalue weighted by Gasteiger charge is -2.14. The number of carbonyl (C=O) groups is 1. The molecule has 33 heavy (non-hydrogen) atoms. The number of nitrogens with zero attached hydrogens (tertiary/aromatic N) is 1. The van der Waals surface area contributed by atoms with Gasteiger partial charge in [-0.2, -0.15) is 0 Å². The van der Waals surface area contributed by atoms with Crippen LogP contribution >= 0.6 is 11.3 Å². The first-order chi connectivity index (χ1) is 15.8. The third-order valence-corrected chi connectivity index (χ3v) is 7.47. The molecular formula is C25H25N3O3S2. The summed E-state index contributed by atoms with van der Waals surface area (Å²) in [5.74, 6) is -0.373. The summed E-state index contributed by atoms with van der Waals surface area (Å²) in [6.45, 7) is 3.79. The van der Waals surface area contributed by atoms with Gasteiger partial charge in [-0.15, -0.1) is 11.3 Å². The van der Waals surface area contributed by atoms with Crippen molar-refractivity contribution in [2.45, 2.75) is 32.2 Å². The number of nitrogens with one attached hydrogen (secondary N) is 2. The Morgan fingerprint density at radius 3 is 2.45 bits per heavy atom. The number of hydrogen-bond acceptors (Lipinski definition) is 5. The SMILES string of the molecule is CC(C)NS(=O)(=O)Cc1ccccc1CNC(=O)c1cc(-c2cccs2)nc2ccccc12. The zero-order valence-electron chi connectivity index (χ0n) is 18.4. The molecule has 0 aliphatic heterocycles. The smallest absolute Gasteiger partial charge is 0.252 e. The topological polar surface area (TPSA) is 88.2 Å². The number of aromatic nitrogens is 1. The second kappa shape index (κ2) is 9.82. The summed E-state index contributed by atoms with van der Waals surface area (Å²) in [5, 5.41) is 5.72. The van der Waals surface area contributed by atoms with Gasteiger partial charge < -0.3 is 5.32 Å². The fraction of sp³-hybridized carbons (Fsp3) is 0.200. The minimum atomic E-state index is -3.48. The van der Waals surface area contributed by atoms with Crippen LogP contribution in [0.2, 0.25) is 0 Å². The Balaban J connectivity index is 1.59. The molecule has 0 saturated heterocycles. The molecule has 0 aliphatic rings. The normalized spacial score (nSPS) is 11.7. The van der Waals surface area contributed by atoms with Crippen LogP contribution in [0.5, 0.6) is 0 Å². The maximum Gasteiger partial charge on any atom is 0.252 e. The average Bonchev–Trinajstić information content (AvgIpc) is 3.31. The van der Waals surface area contributed by atoms with E-state index in [1.54, 1.807) is 37.3 Å². The van der Waals surface area contributed by atoms with Crippen LogP contribution in [0.25, 0.3) is 21.5 Å². The quantitative estimate of drug-likeness (QED) is 0.383. The number of rotatable bonds is 8. The summed E-state index contributed by atoms with van der Waals surface area (Å²) in [7, 11) is -3.48. The Bertz CT molecular complexity index is 1380. The molecule has 4 rings (SSSR count). The van der Waals surface area contributed by atoms with Crippen LogP contribution in [0.1, 0.15) is 35.3 Å². The number of sulfonamides is 1. The molecule has 0 radical (unpaired) electrons. The first-order valence-corrected chi connectivity index (χ1v) is 13.1. The predicted octanol–water partition coefficient (Wildman–Crippen LogP) is 4.72. The van der Waals surface area contributed by atoms with Crippen molar-refractivity contribution < 1.29 is 13.2 Å². The van der Waals surface area contributed by atoms with Crippen molar-refractivity contribution in [2.24, 2.45) is 0 Å². The standard InChI is InChI=1S/C25H25N3O3S2/c1-17(2)28-33(30,31)16-19-9-4-3-8-18(19)15-26-25(29)21-14-23(24-12-7-13-32-24)27-22-11-6-5-10-20(21)22/h3-14,17,28H,15-16H2,1-2H3,(H,26,29). The lowest BCUT2D eigenvalue weighted by atomic mass is 10.1. The van der Waals surface area contributed by atoms with Crippen molar-refractivity contribution in [2.75, 3.05) is 0 Å².